The Labute approximate surface area is 99.8 Å². The van der Waals surface area contributed by atoms with E-state index in [-0.39, 0.29) is 5.92 Å². The van der Waals surface area contributed by atoms with Crippen molar-refractivity contribution in [1.82, 2.24) is 9.78 Å². The summed E-state index contributed by atoms with van der Waals surface area (Å²) in [7, 11) is 1.91. The van der Waals surface area contributed by atoms with Gasteiger partial charge in [-0.25, -0.2) is 0 Å². The summed E-state index contributed by atoms with van der Waals surface area (Å²) in [5.41, 5.74) is 7.96. The Bertz CT molecular complexity index is 479. The van der Waals surface area contributed by atoms with Crippen LogP contribution >= 0.6 is 11.6 Å². The van der Waals surface area contributed by atoms with E-state index >= 15 is 0 Å². The van der Waals surface area contributed by atoms with Gasteiger partial charge < -0.3 is 5.73 Å². The number of aromatic nitrogens is 2. The van der Waals surface area contributed by atoms with Gasteiger partial charge in [-0.1, -0.05) is 29.8 Å². The van der Waals surface area contributed by atoms with E-state index in [1.165, 1.54) is 0 Å². The summed E-state index contributed by atoms with van der Waals surface area (Å²) in [6, 6.07) is 9.76. The molecule has 0 spiro atoms. The molecule has 1 aromatic carbocycles. The highest BCUT2D eigenvalue weighted by Gasteiger charge is 2.17. The van der Waals surface area contributed by atoms with Gasteiger partial charge in [0.05, 0.1) is 0 Å². The average molecular weight is 236 g/mol. The molecule has 1 aromatic heterocycles. The van der Waals surface area contributed by atoms with Crippen molar-refractivity contribution >= 4 is 11.6 Å². The van der Waals surface area contributed by atoms with E-state index in [9.17, 15) is 0 Å². The van der Waals surface area contributed by atoms with Crippen LogP contribution in [0.4, 0.5) is 0 Å². The van der Waals surface area contributed by atoms with Crippen LogP contribution in [0.15, 0.2) is 36.5 Å². The molecule has 0 amide bonds. The molecular weight excluding hydrogens is 222 g/mol. The minimum atomic E-state index is 0.0983. The fourth-order valence-corrected chi connectivity index (χ4v) is 2.16. The zero-order valence-corrected chi connectivity index (χ0v) is 9.85. The molecule has 4 heteroatoms. The third kappa shape index (κ3) is 1.96. The highest BCUT2D eigenvalue weighted by atomic mass is 35.5. The lowest BCUT2D eigenvalue weighted by Gasteiger charge is -2.16. The van der Waals surface area contributed by atoms with Crippen molar-refractivity contribution in [3.05, 3.63) is 52.8 Å². The van der Waals surface area contributed by atoms with E-state index in [0.717, 1.165) is 16.3 Å². The first-order chi connectivity index (χ1) is 7.74. The Morgan fingerprint density at radius 2 is 2.12 bits per heavy atom. The van der Waals surface area contributed by atoms with Crippen molar-refractivity contribution in [3.63, 3.8) is 0 Å². The van der Waals surface area contributed by atoms with Gasteiger partial charge in [0, 0.05) is 36.4 Å². The van der Waals surface area contributed by atoms with Crippen LogP contribution in [0, 0.1) is 0 Å². The summed E-state index contributed by atoms with van der Waals surface area (Å²) >= 11 is 6.18. The number of halogens is 1. The van der Waals surface area contributed by atoms with Crippen LogP contribution in [0.25, 0.3) is 0 Å². The number of hydrogen-bond acceptors (Lipinski definition) is 2. The fourth-order valence-electron chi connectivity index (χ4n) is 1.89. The number of aryl methyl sites for hydroxylation is 1. The number of rotatable bonds is 3. The van der Waals surface area contributed by atoms with Crippen molar-refractivity contribution < 1.29 is 0 Å². The molecule has 2 aromatic rings. The van der Waals surface area contributed by atoms with E-state index in [4.69, 9.17) is 17.3 Å². The third-order valence-corrected chi connectivity index (χ3v) is 3.08. The normalized spacial score (nSPS) is 12.7. The maximum atomic E-state index is 6.18. The van der Waals surface area contributed by atoms with E-state index in [1.807, 2.05) is 42.1 Å². The molecular formula is C12H14ClN3. The molecule has 0 aliphatic rings. The lowest BCUT2D eigenvalue weighted by atomic mass is 9.96. The van der Waals surface area contributed by atoms with Crippen LogP contribution in [0.2, 0.25) is 5.02 Å². The summed E-state index contributed by atoms with van der Waals surface area (Å²) in [6.07, 6.45) is 1.77. The van der Waals surface area contributed by atoms with Crippen molar-refractivity contribution in [2.75, 3.05) is 6.54 Å². The monoisotopic (exact) mass is 235 g/mol. The maximum Gasteiger partial charge on any atom is 0.0492 e. The van der Waals surface area contributed by atoms with Gasteiger partial charge in [-0.15, -0.1) is 0 Å². The van der Waals surface area contributed by atoms with Gasteiger partial charge in [-0.2, -0.15) is 5.10 Å². The van der Waals surface area contributed by atoms with Crippen molar-refractivity contribution in [2.45, 2.75) is 5.92 Å². The van der Waals surface area contributed by atoms with E-state index in [2.05, 4.69) is 5.10 Å². The van der Waals surface area contributed by atoms with Crippen LogP contribution in [0.1, 0.15) is 17.2 Å². The second kappa shape index (κ2) is 4.68. The second-order valence-electron chi connectivity index (χ2n) is 3.69. The molecule has 0 radical (unpaired) electrons. The number of nitrogens with two attached hydrogens (primary N) is 1. The zero-order chi connectivity index (χ0) is 11.5. The standard InChI is InChI=1S/C12H14ClN3/c1-16-12(6-7-15-16)10(8-14)9-4-2-3-5-11(9)13/h2-7,10H,8,14H2,1H3. The number of benzene rings is 1. The molecule has 2 N–H and O–H groups in total. The Morgan fingerprint density at radius 3 is 2.69 bits per heavy atom. The lowest BCUT2D eigenvalue weighted by Crippen LogP contribution is -2.17. The van der Waals surface area contributed by atoms with Crippen molar-refractivity contribution in [1.29, 1.82) is 0 Å². The highest BCUT2D eigenvalue weighted by molar-refractivity contribution is 6.31. The van der Waals surface area contributed by atoms with Crippen molar-refractivity contribution in [2.24, 2.45) is 12.8 Å². The molecule has 0 bridgehead atoms. The highest BCUT2D eigenvalue weighted by Crippen LogP contribution is 2.28. The molecule has 0 saturated carbocycles. The molecule has 0 saturated heterocycles. The first-order valence-corrected chi connectivity index (χ1v) is 5.54. The maximum absolute atomic E-state index is 6.18. The summed E-state index contributed by atoms with van der Waals surface area (Å²) in [5, 5.41) is 4.91. The molecule has 1 unspecified atom stereocenters. The molecule has 0 aliphatic carbocycles. The summed E-state index contributed by atoms with van der Waals surface area (Å²) in [6.45, 7) is 0.517. The van der Waals surface area contributed by atoms with Gasteiger partial charge in [0.25, 0.3) is 0 Å². The van der Waals surface area contributed by atoms with Crippen LogP contribution in [-0.4, -0.2) is 16.3 Å². The molecule has 2 rings (SSSR count). The Balaban J connectivity index is 2.45. The summed E-state index contributed by atoms with van der Waals surface area (Å²) < 4.78 is 1.83. The van der Waals surface area contributed by atoms with Gasteiger partial charge in [0.2, 0.25) is 0 Å². The predicted molar refractivity (Wildman–Crippen MR) is 65.6 cm³/mol. The lowest BCUT2D eigenvalue weighted by molar-refractivity contribution is 0.663. The minimum absolute atomic E-state index is 0.0983. The Hall–Kier alpha value is -1.32. The zero-order valence-electron chi connectivity index (χ0n) is 9.10. The first-order valence-electron chi connectivity index (χ1n) is 5.16. The number of nitrogens with zero attached hydrogens (tertiary/aromatic N) is 2. The second-order valence-corrected chi connectivity index (χ2v) is 4.10. The van der Waals surface area contributed by atoms with Crippen LogP contribution in [0.5, 0.6) is 0 Å². The van der Waals surface area contributed by atoms with E-state index in [0.29, 0.717) is 6.54 Å². The molecule has 84 valence electrons. The average Bonchev–Trinajstić information content (AvgIpc) is 2.69. The molecule has 16 heavy (non-hydrogen) atoms. The Kier molecular flexibility index (Phi) is 3.27. The largest absolute Gasteiger partial charge is 0.329 e. The van der Waals surface area contributed by atoms with Crippen molar-refractivity contribution in [3.8, 4) is 0 Å². The smallest absolute Gasteiger partial charge is 0.0492 e. The summed E-state index contributed by atoms with van der Waals surface area (Å²) in [4.78, 5) is 0. The molecule has 0 aliphatic heterocycles. The van der Waals surface area contributed by atoms with Gasteiger partial charge in [-0.05, 0) is 17.7 Å². The summed E-state index contributed by atoms with van der Waals surface area (Å²) in [5.74, 6) is 0.0983. The SMILES string of the molecule is Cn1nccc1C(CN)c1ccccc1Cl. The van der Waals surface area contributed by atoms with Gasteiger partial charge in [-0.3, -0.25) is 4.68 Å². The molecule has 0 fully saturated rings. The van der Waals surface area contributed by atoms with Crippen LogP contribution in [0.3, 0.4) is 0 Å². The molecule has 1 heterocycles. The predicted octanol–water partition coefficient (Wildman–Crippen LogP) is 2.16. The number of hydrogen-bond donors (Lipinski definition) is 1. The Morgan fingerprint density at radius 1 is 1.38 bits per heavy atom. The minimum Gasteiger partial charge on any atom is -0.329 e. The first kappa shape index (κ1) is 11.2. The van der Waals surface area contributed by atoms with E-state index in [1.54, 1.807) is 6.20 Å². The third-order valence-electron chi connectivity index (χ3n) is 2.73. The molecule has 3 nitrogen and oxygen atoms in total. The van der Waals surface area contributed by atoms with Crippen LogP contribution in [-0.2, 0) is 7.05 Å². The fraction of sp³-hybridized carbons (Fsp3) is 0.250. The topological polar surface area (TPSA) is 43.8 Å². The quantitative estimate of drug-likeness (QED) is 0.886. The van der Waals surface area contributed by atoms with Gasteiger partial charge in [0.1, 0.15) is 0 Å². The van der Waals surface area contributed by atoms with Gasteiger partial charge >= 0.3 is 0 Å². The van der Waals surface area contributed by atoms with Crippen LogP contribution < -0.4 is 5.73 Å². The van der Waals surface area contributed by atoms with Gasteiger partial charge in [0.15, 0.2) is 0 Å². The van der Waals surface area contributed by atoms with E-state index < -0.39 is 0 Å². The molecule has 1 atom stereocenters.